The Labute approximate surface area is 95.9 Å². The number of aromatic nitrogens is 1. The first kappa shape index (κ1) is 8.86. The minimum absolute atomic E-state index is 1.11. The maximum Gasteiger partial charge on any atom is 0.0352 e. The first-order chi connectivity index (χ1) is 7.34. The van der Waals surface area contributed by atoms with Gasteiger partial charge in [-0.1, -0.05) is 34.1 Å². The van der Waals surface area contributed by atoms with Crippen molar-refractivity contribution in [1.29, 1.82) is 0 Å². The van der Waals surface area contributed by atoms with Crippen LogP contribution in [0.4, 0.5) is 0 Å². The van der Waals surface area contributed by atoms with Gasteiger partial charge in [0.1, 0.15) is 0 Å². The molecule has 0 saturated carbocycles. The Hall–Kier alpha value is -1.41. The van der Waals surface area contributed by atoms with Crippen LogP contribution < -0.4 is 0 Å². The van der Waals surface area contributed by atoms with Gasteiger partial charge in [-0.25, -0.2) is 0 Å². The van der Waals surface area contributed by atoms with Crippen molar-refractivity contribution in [2.45, 2.75) is 0 Å². The summed E-state index contributed by atoms with van der Waals surface area (Å²) in [6.07, 6.45) is 3.75. The van der Waals surface area contributed by atoms with E-state index in [0.717, 1.165) is 4.47 Å². The lowest BCUT2D eigenvalue weighted by Crippen LogP contribution is -1.79. The fourth-order valence-electron chi connectivity index (χ4n) is 1.87. The highest BCUT2D eigenvalue weighted by molar-refractivity contribution is 9.10. The van der Waals surface area contributed by atoms with E-state index in [2.05, 4.69) is 51.2 Å². The van der Waals surface area contributed by atoms with E-state index in [-0.39, 0.29) is 0 Å². The van der Waals surface area contributed by atoms with E-state index >= 15 is 0 Å². The molecule has 3 aromatic rings. The molecular weight excluding hydrogens is 250 g/mol. The van der Waals surface area contributed by atoms with E-state index in [1.165, 1.54) is 21.5 Å². The van der Waals surface area contributed by atoms with Gasteiger partial charge in [-0.3, -0.25) is 4.98 Å². The average molecular weight is 258 g/mol. The second kappa shape index (κ2) is 3.31. The average Bonchev–Trinajstić information content (AvgIpc) is 2.28. The summed E-state index contributed by atoms with van der Waals surface area (Å²) < 4.78 is 1.11. The summed E-state index contributed by atoms with van der Waals surface area (Å²) in [5.74, 6) is 0. The molecule has 2 aromatic carbocycles. The lowest BCUT2D eigenvalue weighted by atomic mass is 10.0. The molecule has 0 bridgehead atoms. The van der Waals surface area contributed by atoms with Gasteiger partial charge < -0.3 is 0 Å². The Bertz CT molecular complexity index is 646. The van der Waals surface area contributed by atoms with Gasteiger partial charge in [-0.15, -0.1) is 0 Å². The van der Waals surface area contributed by atoms with Crippen molar-refractivity contribution in [1.82, 2.24) is 4.98 Å². The summed E-state index contributed by atoms with van der Waals surface area (Å²) in [7, 11) is 0. The molecule has 3 rings (SSSR count). The van der Waals surface area contributed by atoms with E-state index in [1.54, 1.807) is 0 Å². The second-order valence-corrected chi connectivity index (χ2v) is 4.44. The van der Waals surface area contributed by atoms with Crippen LogP contribution in [-0.4, -0.2) is 4.98 Å². The monoisotopic (exact) mass is 257 g/mol. The van der Waals surface area contributed by atoms with Gasteiger partial charge in [-0.2, -0.15) is 0 Å². The zero-order valence-electron chi connectivity index (χ0n) is 7.94. The number of hydrogen-bond donors (Lipinski definition) is 0. The van der Waals surface area contributed by atoms with Crippen molar-refractivity contribution < 1.29 is 0 Å². The van der Waals surface area contributed by atoms with Crippen LogP contribution in [0.2, 0.25) is 0 Å². The zero-order valence-corrected chi connectivity index (χ0v) is 9.53. The molecule has 1 nitrogen and oxygen atoms in total. The molecule has 0 aliphatic carbocycles. The third-order valence-electron chi connectivity index (χ3n) is 2.60. The highest BCUT2D eigenvalue weighted by Gasteiger charge is 2.00. The first-order valence-corrected chi connectivity index (χ1v) is 5.56. The molecule has 0 saturated heterocycles. The lowest BCUT2D eigenvalue weighted by Gasteiger charge is -2.03. The van der Waals surface area contributed by atoms with Crippen LogP contribution in [0.1, 0.15) is 0 Å². The maximum atomic E-state index is 4.17. The Morgan fingerprint density at radius 3 is 2.67 bits per heavy atom. The highest BCUT2D eigenvalue weighted by atomic mass is 79.9. The minimum Gasteiger partial charge on any atom is -0.264 e. The number of benzene rings is 2. The van der Waals surface area contributed by atoms with Crippen LogP contribution in [0.15, 0.2) is 53.3 Å². The Morgan fingerprint density at radius 2 is 1.73 bits per heavy atom. The largest absolute Gasteiger partial charge is 0.264 e. The number of rotatable bonds is 0. The van der Waals surface area contributed by atoms with Crippen molar-refractivity contribution in [3.05, 3.63) is 53.3 Å². The summed E-state index contributed by atoms with van der Waals surface area (Å²) in [4.78, 5) is 4.17. The smallest absolute Gasteiger partial charge is 0.0352 e. The predicted octanol–water partition coefficient (Wildman–Crippen LogP) is 4.15. The van der Waals surface area contributed by atoms with Crippen LogP contribution in [0.25, 0.3) is 21.5 Å². The van der Waals surface area contributed by atoms with Crippen molar-refractivity contribution in [2.24, 2.45) is 0 Å². The SMILES string of the molecule is Brc1ccc2c(ccc3ccncc32)c1. The Kier molecular flexibility index (Phi) is 1.96. The van der Waals surface area contributed by atoms with E-state index < -0.39 is 0 Å². The molecular formula is C13H8BrN. The molecule has 0 N–H and O–H groups in total. The molecule has 2 heteroatoms. The van der Waals surface area contributed by atoms with Gasteiger partial charge >= 0.3 is 0 Å². The van der Waals surface area contributed by atoms with Crippen LogP contribution >= 0.6 is 15.9 Å². The van der Waals surface area contributed by atoms with Gasteiger partial charge in [-0.05, 0) is 34.4 Å². The van der Waals surface area contributed by atoms with Crippen LogP contribution in [0, 0.1) is 0 Å². The molecule has 72 valence electrons. The van der Waals surface area contributed by atoms with E-state index in [0.29, 0.717) is 0 Å². The Morgan fingerprint density at radius 1 is 0.867 bits per heavy atom. The highest BCUT2D eigenvalue weighted by Crippen LogP contribution is 2.26. The van der Waals surface area contributed by atoms with Crippen molar-refractivity contribution >= 4 is 37.5 Å². The summed E-state index contributed by atoms with van der Waals surface area (Å²) in [5, 5.41) is 4.94. The van der Waals surface area contributed by atoms with E-state index in [1.807, 2.05) is 18.5 Å². The third kappa shape index (κ3) is 1.41. The number of halogens is 1. The molecule has 0 fully saturated rings. The fraction of sp³-hybridized carbons (Fsp3) is 0. The Balaban J connectivity index is 2.55. The third-order valence-corrected chi connectivity index (χ3v) is 3.09. The zero-order chi connectivity index (χ0) is 10.3. The molecule has 0 unspecified atom stereocenters. The number of pyridine rings is 1. The molecule has 15 heavy (non-hydrogen) atoms. The first-order valence-electron chi connectivity index (χ1n) is 4.76. The second-order valence-electron chi connectivity index (χ2n) is 3.53. The molecule has 0 aliphatic rings. The molecule has 0 amide bonds. The van der Waals surface area contributed by atoms with Gasteiger partial charge in [0.25, 0.3) is 0 Å². The van der Waals surface area contributed by atoms with Crippen molar-refractivity contribution in [3.8, 4) is 0 Å². The van der Waals surface area contributed by atoms with Crippen molar-refractivity contribution in [3.63, 3.8) is 0 Å². The number of nitrogens with zero attached hydrogens (tertiary/aromatic N) is 1. The summed E-state index contributed by atoms with van der Waals surface area (Å²) >= 11 is 3.48. The molecule has 0 spiro atoms. The fourth-order valence-corrected chi connectivity index (χ4v) is 2.25. The van der Waals surface area contributed by atoms with Gasteiger partial charge in [0.15, 0.2) is 0 Å². The van der Waals surface area contributed by atoms with Crippen LogP contribution in [-0.2, 0) is 0 Å². The molecule has 0 aliphatic heterocycles. The van der Waals surface area contributed by atoms with Crippen molar-refractivity contribution in [2.75, 3.05) is 0 Å². The standard InChI is InChI=1S/C13H8BrN/c14-11-3-4-12-10(7-11)2-1-9-5-6-15-8-13(9)12/h1-8H. The number of fused-ring (bicyclic) bond motifs is 3. The van der Waals surface area contributed by atoms with Gasteiger partial charge in [0.2, 0.25) is 0 Å². The topological polar surface area (TPSA) is 12.9 Å². The summed E-state index contributed by atoms with van der Waals surface area (Å²) in [6, 6.07) is 12.6. The maximum absolute atomic E-state index is 4.17. The van der Waals surface area contributed by atoms with Crippen LogP contribution in [0.5, 0.6) is 0 Å². The van der Waals surface area contributed by atoms with E-state index in [9.17, 15) is 0 Å². The van der Waals surface area contributed by atoms with Crippen LogP contribution in [0.3, 0.4) is 0 Å². The molecule has 1 aromatic heterocycles. The summed E-state index contributed by atoms with van der Waals surface area (Å²) in [5.41, 5.74) is 0. The number of hydrogen-bond acceptors (Lipinski definition) is 1. The lowest BCUT2D eigenvalue weighted by molar-refractivity contribution is 1.37. The predicted molar refractivity (Wildman–Crippen MR) is 66.9 cm³/mol. The quantitative estimate of drug-likeness (QED) is 0.552. The molecule has 1 heterocycles. The molecule has 0 radical (unpaired) electrons. The normalized spacial score (nSPS) is 11.0. The molecule has 0 atom stereocenters. The minimum atomic E-state index is 1.11. The summed E-state index contributed by atoms with van der Waals surface area (Å²) in [6.45, 7) is 0. The van der Waals surface area contributed by atoms with Gasteiger partial charge in [0, 0.05) is 22.3 Å². The van der Waals surface area contributed by atoms with Gasteiger partial charge in [0.05, 0.1) is 0 Å². The van der Waals surface area contributed by atoms with E-state index in [4.69, 9.17) is 0 Å².